The normalized spacial score (nSPS) is 25.4. The van der Waals surface area contributed by atoms with E-state index in [1.807, 2.05) is 0 Å². The maximum atomic E-state index is 10.4. The fraction of sp³-hybridized carbons (Fsp3) is 0.250. The third-order valence-electron chi connectivity index (χ3n) is 4.25. The molecule has 2 aliphatic heterocycles. The van der Waals surface area contributed by atoms with E-state index in [1.165, 1.54) is 22.3 Å². The van der Waals surface area contributed by atoms with Gasteiger partial charge in [0.15, 0.2) is 0 Å². The predicted octanol–water partition coefficient (Wildman–Crippen LogP) is 2.95. The van der Waals surface area contributed by atoms with Gasteiger partial charge in [0.2, 0.25) is 0 Å². The number of hydroxylamine groups is 2. The van der Waals surface area contributed by atoms with Gasteiger partial charge in [-0.05, 0) is 35.1 Å². The largest absolute Gasteiger partial charge is 0.313 e. The van der Waals surface area contributed by atoms with Crippen molar-refractivity contribution < 1.29 is 5.21 Å². The van der Waals surface area contributed by atoms with Gasteiger partial charge >= 0.3 is 0 Å². The number of hydrogen-bond donors (Lipinski definition) is 1. The minimum atomic E-state index is 0.0184. The van der Waals surface area contributed by atoms with Crippen LogP contribution in [0, 0.1) is 0 Å². The Morgan fingerprint density at radius 1 is 0.833 bits per heavy atom. The van der Waals surface area contributed by atoms with Crippen molar-refractivity contribution >= 4 is 0 Å². The summed E-state index contributed by atoms with van der Waals surface area (Å²) in [5.41, 5.74) is 5.27. The zero-order valence-corrected chi connectivity index (χ0v) is 10.1. The highest BCUT2D eigenvalue weighted by Gasteiger charge is 2.39. The average molecular weight is 237 g/mol. The molecule has 2 aliphatic rings. The SMILES string of the molecule is ON1C2Cc3ccccc3C1c1ccccc1C2. The lowest BCUT2D eigenvalue weighted by atomic mass is 9.78. The van der Waals surface area contributed by atoms with Gasteiger partial charge in [-0.2, -0.15) is 5.06 Å². The molecule has 0 aromatic heterocycles. The molecular formula is C16H15NO. The van der Waals surface area contributed by atoms with Crippen molar-refractivity contribution in [3.05, 3.63) is 70.8 Å². The van der Waals surface area contributed by atoms with E-state index in [0.717, 1.165) is 12.8 Å². The van der Waals surface area contributed by atoms with Gasteiger partial charge in [-0.3, -0.25) is 0 Å². The molecule has 0 saturated heterocycles. The van der Waals surface area contributed by atoms with Crippen LogP contribution in [0.1, 0.15) is 28.3 Å². The summed E-state index contributed by atoms with van der Waals surface area (Å²) in [5, 5.41) is 12.0. The predicted molar refractivity (Wildman–Crippen MR) is 69.5 cm³/mol. The molecule has 0 amide bonds. The Morgan fingerprint density at radius 2 is 1.33 bits per heavy atom. The first-order valence-electron chi connectivity index (χ1n) is 6.47. The number of nitrogens with zero attached hydrogens (tertiary/aromatic N) is 1. The Hall–Kier alpha value is -1.64. The van der Waals surface area contributed by atoms with Gasteiger partial charge < -0.3 is 5.21 Å². The topological polar surface area (TPSA) is 23.5 Å². The second-order valence-corrected chi connectivity index (χ2v) is 5.24. The van der Waals surface area contributed by atoms with Crippen molar-refractivity contribution in [1.82, 2.24) is 5.06 Å². The van der Waals surface area contributed by atoms with Gasteiger partial charge in [-0.25, -0.2) is 0 Å². The fourth-order valence-electron chi connectivity index (χ4n) is 3.40. The van der Waals surface area contributed by atoms with E-state index < -0.39 is 0 Å². The highest BCUT2D eigenvalue weighted by molar-refractivity contribution is 5.45. The zero-order chi connectivity index (χ0) is 12.1. The van der Waals surface area contributed by atoms with E-state index in [4.69, 9.17) is 0 Å². The van der Waals surface area contributed by atoms with Crippen LogP contribution in [0.4, 0.5) is 0 Å². The molecule has 0 unspecified atom stereocenters. The molecule has 2 heteroatoms. The monoisotopic (exact) mass is 237 g/mol. The van der Waals surface area contributed by atoms with Crippen molar-refractivity contribution in [2.45, 2.75) is 24.9 Å². The summed E-state index contributed by atoms with van der Waals surface area (Å²) in [4.78, 5) is 0. The van der Waals surface area contributed by atoms with Crippen molar-refractivity contribution in [1.29, 1.82) is 0 Å². The van der Waals surface area contributed by atoms with Crippen molar-refractivity contribution in [2.75, 3.05) is 0 Å². The Kier molecular flexibility index (Phi) is 2.10. The van der Waals surface area contributed by atoms with Crippen molar-refractivity contribution in [2.24, 2.45) is 0 Å². The molecule has 0 aliphatic carbocycles. The molecule has 0 fully saturated rings. The second kappa shape index (κ2) is 3.67. The van der Waals surface area contributed by atoms with Gasteiger partial charge in [-0.15, -0.1) is 0 Å². The van der Waals surface area contributed by atoms with Crippen LogP contribution in [0.5, 0.6) is 0 Å². The van der Waals surface area contributed by atoms with Crippen molar-refractivity contribution in [3.8, 4) is 0 Å². The fourth-order valence-corrected chi connectivity index (χ4v) is 3.40. The van der Waals surface area contributed by atoms with Crippen LogP contribution in [0.2, 0.25) is 0 Å². The molecule has 2 aromatic carbocycles. The van der Waals surface area contributed by atoms with Gasteiger partial charge in [0, 0.05) is 6.04 Å². The van der Waals surface area contributed by atoms with Crippen LogP contribution in [-0.4, -0.2) is 16.3 Å². The van der Waals surface area contributed by atoms with Crippen molar-refractivity contribution in [3.63, 3.8) is 0 Å². The third-order valence-corrected chi connectivity index (χ3v) is 4.25. The van der Waals surface area contributed by atoms with Gasteiger partial charge in [0.05, 0.1) is 6.04 Å². The summed E-state index contributed by atoms with van der Waals surface area (Å²) in [7, 11) is 0. The molecule has 0 radical (unpaired) electrons. The molecule has 0 saturated carbocycles. The molecule has 2 aromatic rings. The van der Waals surface area contributed by atoms with E-state index in [1.54, 1.807) is 5.06 Å². The average Bonchev–Trinajstić information content (AvgIpc) is 2.39. The first-order chi connectivity index (χ1) is 8.84. The summed E-state index contributed by atoms with van der Waals surface area (Å²) >= 11 is 0. The molecule has 18 heavy (non-hydrogen) atoms. The molecule has 90 valence electrons. The Labute approximate surface area is 106 Å². The molecule has 4 rings (SSSR count). The Morgan fingerprint density at radius 3 is 1.89 bits per heavy atom. The second-order valence-electron chi connectivity index (χ2n) is 5.24. The number of rotatable bonds is 0. The van der Waals surface area contributed by atoms with Crippen LogP contribution in [-0.2, 0) is 12.8 Å². The zero-order valence-electron chi connectivity index (χ0n) is 10.1. The van der Waals surface area contributed by atoms with E-state index in [9.17, 15) is 5.21 Å². The van der Waals surface area contributed by atoms with Gasteiger partial charge in [0.1, 0.15) is 0 Å². The lowest BCUT2D eigenvalue weighted by Gasteiger charge is -2.44. The van der Waals surface area contributed by atoms with Gasteiger partial charge in [0.25, 0.3) is 0 Å². The number of fused-ring (bicyclic) bond motifs is 6. The quantitative estimate of drug-likeness (QED) is 0.761. The smallest absolute Gasteiger partial charge is 0.0858 e. The van der Waals surface area contributed by atoms with Crippen LogP contribution < -0.4 is 0 Å². The maximum Gasteiger partial charge on any atom is 0.0858 e. The molecule has 2 bridgehead atoms. The molecule has 0 spiro atoms. The van der Waals surface area contributed by atoms with E-state index in [0.29, 0.717) is 0 Å². The molecule has 2 nitrogen and oxygen atoms in total. The molecule has 1 N–H and O–H groups in total. The molecular weight excluding hydrogens is 222 g/mol. The summed E-state index contributed by atoms with van der Waals surface area (Å²) in [6.45, 7) is 0. The highest BCUT2D eigenvalue weighted by atomic mass is 16.5. The lowest BCUT2D eigenvalue weighted by Crippen LogP contribution is -2.46. The standard InChI is InChI=1S/C16H15NO/c18-17-13-9-11-5-1-3-7-14(11)16(17)15-8-4-2-6-12(15)10-13/h1-8,13,16,18H,9-10H2. The Balaban J connectivity index is 1.97. The highest BCUT2D eigenvalue weighted by Crippen LogP contribution is 2.42. The first kappa shape index (κ1) is 10.3. The summed E-state index contributed by atoms with van der Waals surface area (Å²) in [6.07, 6.45) is 1.88. The number of hydrogen-bond acceptors (Lipinski definition) is 2. The third kappa shape index (κ3) is 1.30. The Bertz CT molecular complexity index is 558. The summed E-state index contributed by atoms with van der Waals surface area (Å²) < 4.78 is 0. The maximum absolute atomic E-state index is 10.4. The van der Waals surface area contributed by atoms with Crippen LogP contribution >= 0.6 is 0 Å². The minimum absolute atomic E-state index is 0.0184. The van der Waals surface area contributed by atoms with Crippen LogP contribution in [0.15, 0.2) is 48.5 Å². The summed E-state index contributed by atoms with van der Waals surface area (Å²) in [5.74, 6) is 0. The van der Waals surface area contributed by atoms with Crippen LogP contribution in [0.25, 0.3) is 0 Å². The first-order valence-corrected chi connectivity index (χ1v) is 6.47. The van der Waals surface area contributed by atoms with Gasteiger partial charge in [-0.1, -0.05) is 48.5 Å². The molecule has 2 heterocycles. The number of benzene rings is 2. The van der Waals surface area contributed by atoms with Crippen LogP contribution in [0.3, 0.4) is 0 Å². The lowest BCUT2D eigenvalue weighted by molar-refractivity contribution is -0.162. The van der Waals surface area contributed by atoms with E-state index in [-0.39, 0.29) is 12.1 Å². The summed E-state index contributed by atoms with van der Waals surface area (Å²) in [6, 6.07) is 17.2. The minimum Gasteiger partial charge on any atom is -0.313 e. The molecule has 0 atom stereocenters. The van der Waals surface area contributed by atoms with E-state index in [2.05, 4.69) is 48.5 Å². The van der Waals surface area contributed by atoms with E-state index >= 15 is 0 Å².